The van der Waals surface area contributed by atoms with Gasteiger partial charge in [0, 0.05) is 19.2 Å². The Kier molecular flexibility index (Phi) is 5.08. The molecule has 1 saturated heterocycles. The molecule has 2 heterocycles. The van der Waals surface area contributed by atoms with Gasteiger partial charge in [0.05, 0.1) is 13.1 Å². The topological polar surface area (TPSA) is 70.7 Å². The van der Waals surface area contributed by atoms with Crippen LogP contribution in [0.15, 0.2) is 18.2 Å². The highest BCUT2D eigenvalue weighted by Gasteiger charge is 2.32. The van der Waals surface area contributed by atoms with E-state index in [1.807, 2.05) is 12.1 Å². The molecule has 6 heteroatoms. The molecule has 1 unspecified atom stereocenters. The smallest absolute Gasteiger partial charge is 0.414 e. The number of nitrogens with zero attached hydrogens (tertiary/aromatic N) is 1. The Morgan fingerprint density at radius 1 is 1.36 bits per heavy atom. The van der Waals surface area contributed by atoms with E-state index >= 15 is 0 Å². The minimum Gasteiger partial charge on any atom is -0.442 e. The number of cyclic esters (lactones) is 1. The van der Waals surface area contributed by atoms with Gasteiger partial charge in [-0.1, -0.05) is 6.08 Å². The molecule has 1 aromatic carbocycles. The summed E-state index contributed by atoms with van der Waals surface area (Å²) < 4.78 is 5.36. The Morgan fingerprint density at radius 3 is 2.68 bits per heavy atom. The van der Waals surface area contributed by atoms with Crippen LogP contribution in [0.5, 0.6) is 0 Å². The lowest BCUT2D eigenvalue weighted by molar-refractivity contribution is -0.119. The monoisotopic (exact) mass is 343 g/mol. The molecule has 25 heavy (non-hydrogen) atoms. The SMILES string of the molecule is CC(=O)NCC1CN(c2cc(C)c(C3=CCNCC3)c(C)c2)C(=O)O1. The number of ether oxygens (including phenoxy) is 1. The molecule has 0 spiro atoms. The molecule has 3 rings (SSSR count). The number of hydrogen-bond acceptors (Lipinski definition) is 4. The van der Waals surface area contributed by atoms with Gasteiger partial charge in [-0.05, 0) is 61.2 Å². The van der Waals surface area contributed by atoms with E-state index in [0.29, 0.717) is 13.1 Å². The molecule has 0 saturated carbocycles. The molecule has 6 nitrogen and oxygen atoms in total. The molecular weight excluding hydrogens is 318 g/mol. The third kappa shape index (κ3) is 3.85. The molecule has 2 aliphatic heterocycles. The molecule has 0 radical (unpaired) electrons. The first kappa shape index (κ1) is 17.5. The number of carbonyl (C=O) groups excluding carboxylic acids is 2. The van der Waals surface area contributed by atoms with Gasteiger partial charge in [0.15, 0.2) is 0 Å². The number of anilines is 1. The molecule has 1 atom stereocenters. The highest BCUT2D eigenvalue weighted by atomic mass is 16.6. The number of rotatable bonds is 4. The van der Waals surface area contributed by atoms with E-state index in [4.69, 9.17) is 4.74 Å². The third-order valence-electron chi connectivity index (χ3n) is 4.67. The maximum absolute atomic E-state index is 12.2. The number of hydrogen-bond donors (Lipinski definition) is 2. The van der Waals surface area contributed by atoms with Crippen molar-refractivity contribution in [2.45, 2.75) is 33.3 Å². The lowest BCUT2D eigenvalue weighted by Crippen LogP contribution is -2.33. The number of carbonyl (C=O) groups is 2. The van der Waals surface area contributed by atoms with E-state index in [1.54, 1.807) is 4.90 Å². The van der Waals surface area contributed by atoms with Gasteiger partial charge in [-0.25, -0.2) is 4.79 Å². The predicted molar refractivity (Wildman–Crippen MR) is 97.7 cm³/mol. The molecule has 0 aliphatic carbocycles. The van der Waals surface area contributed by atoms with Crippen LogP contribution in [-0.4, -0.2) is 44.3 Å². The third-order valence-corrected chi connectivity index (χ3v) is 4.67. The summed E-state index contributed by atoms with van der Waals surface area (Å²) in [6, 6.07) is 4.10. The average molecular weight is 343 g/mol. The molecule has 2 N–H and O–H groups in total. The van der Waals surface area contributed by atoms with Crippen molar-refractivity contribution in [3.05, 3.63) is 34.9 Å². The van der Waals surface area contributed by atoms with Gasteiger partial charge < -0.3 is 15.4 Å². The van der Waals surface area contributed by atoms with E-state index in [-0.39, 0.29) is 18.1 Å². The molecular formula is C19H25N3O3. The molecule has 1 fully saturated rings. The Hall–Kier alpha value is -2.34. The van der Waals surface area contributed by atoms with Crippen LogP contribution in [0.1, 0.15) is 30.0 Å². The summed E-state index contributed by atoms with van der Waals surface area (Å²) in [5.74, 6) is -0.124. The van der Waals surface area contributed by atoms with Crippen LogP contribution in [0.2, 0.25) is 0 Å². The molecule has 0 aromatic heterocycles. The lowest BCUT2D eigenvalue weighted by Gasteiger charge is -2.21. The summed E-state index contributed by atoms with van der Waals surface area (Å²) in [5.41, 5.74) is 5.84. The van der Waals surface area contributed by atoms with Crippen molar-refractivity contribution < 1.29 is 14.3 Å². The van der Waals surface area contributed by atoms with Gasteiger partial charge in [-0.15, -0.1) is 0 Å². The minimum absolute atomic E-state index is 0.124. The zero-order valence-corrected chi connectivity index (χ0v) is 15.0. The van der Waals surface area contributed by atoms with Crippen LogP contribution in [0.4, 0.5) is 10.5 Å². The zero-order chi connectivity index (χ0) is 18.0. The van der Waals surface area contributed by atoms with Crippen molar-refractivity contribution in [1.29, 1.82) is 0 Å². The molecule has 2 amide bonds. The summed E-state index contributed by atoms with van der Waals surface area (Å²) >= 11 is 0. The first-order valence-corrected chi connectivity index (χ1v) is 8.69. The van der Waals surface area contributed by atoms with Crippen LogP contribution >= 0.6 is 0 Å². The number of nitrogens with one attached hydrogen (secondary N) is 2. The maximum Gasteiger partial charge on any atom is 0.414 e. The quantitative estimate of drug-likeness (QED) is 0.879. The second kappa shape index (κ2) is 7.27. The van der Waals surface area contributed by atoms with Gasteiger partial charge >= 0.3 is 6.09 Å². The van der Waals surface area contributed by atoms with E-state index in [1.165, 1.54) is 29.2 Å². The average Bonchev–Trinajstić information content (AvgIpc) is 2.94. The maximum atomic E-state index is 12.2. The largest absolute Gasteiger partial charge is 0.442 e. The van der Waals surface area contributed by atoms with Crippen molar-refractivity contribution in [3.8, 4) is 0 Å². The first-order valence-electron chi connectivity index (χ1n) is 8.69. The fraction of sp³-hybridized carbons (Fsp3) is 0.474. The number of amides is 2. The highest BCUT2D eigenvalue weighted by Crippen LogP contribution is 2.32. The lowest BCUT2D eigenvalue weighted by atomic mass is 9.91. The Morgan fingerprint density at radius 2 is 2.08 bits per heavy atom. The second-order valence-electron chi connectivity index (χ2n) is 6.69. The van der Waals surface area contributed by atoms with Gasteiger partial charge in [-0.3, -0.25) is 9.69 Å². The van der Waals surface area contributed by atoms with Crippen molar-refractivity contribution in [1.82, 2.24) is 10.6 Å². The second-order valence-corrected chi connectivity index (χ2v) is 6.69. The summed E-state index contributed by atoms with van der Waals surface area (Å²) in [6.45, 7) is 8.32. The zero-order valence-electron chi connectivity index (χ0n) is 15.0. The van der Waals surface area contributed by atoms with Crippen LogP contribution in [0.25, 0.3) is 5.57 Å². The van der Waals surface area contributed by atoms with E-state index < -0.39 is 0 Å². The van der Waals surface area contributed by atoms with E-state index in [2.05, 4.69) is 30.6 Å². The van der Waals surface area contributed by atoms with Gasteiger partial charge in [0.25, 0.3) is 0 Å². The Balaban J connectivity index is 1.80. The summed E-state index contributed by atoms with van der Waals surface area (Å²) in [6.07, 6.45) is 2.59. The Labute approximate surface area is 148 Å². The fourth-order valence-electron chi connectivity index (χ4n) is 3.55. The summed E-state index contributed by atoms with van der Waals surface area (Å²) in [4.78, 5) is 24.9. The van der Waals surface area contributed by atoms with Gasteiger partial charge in [0.2, 0.25) is 5.91 Å². The standard InChI is InChI=1S/C19H25N3O3/c1-12-8-16(9-13(2)18(12)15-4-6-20-7-5-15)22-11-17(25-19(22)24)10-21-14(3)23/h4,8-9,17,20H,5-7,10-11H2,1-3H3,(H,21,23). The number of aryl methyl sites for hydroxylation is 2. The van der Waals surface area contributed by atoms with Crippen molar-refractivity contribution in [2.24, 2.45) is 0 Å². The van der Waals surface area contributed by atoms with E-state index in [9.17, 15) is 9.59 Å². The normalized spacial score (nSPS) is 20.3. The molecule has 2 aliphatic rings. The van der Waals surface area contributed by atoms with Crippen LogP contribution < -0.4 is 15.5 Å². The van der Waals surface area contributed by atoms with Gasteiger partial charge in [0.1, 0.15) is 6.10 Å². The van der Waals surface area contributed by atoms with Crippen molar-refractivity contribution >= 4 is 23.3 Å². The van der Waals surface area contributed by atoms with Gasteiger partial charge in [-0.2, -0.15) is 0 Å². The van der Waals surface area contributed by atoms with Crippen molar-refractivity contribution in [3.63, 3.8) is 0 Å². The Bertz CT molecular complexity index is 704. The van der Waals surface area contributed by atoms with E-state index in [0.717, 1.165) is 25.2 Å². The summed E-state index contributed by atoms with van der Waals surface area (Å²) in [5, 5.41) is 6.03. The summed E-state index contributed by atoms with van der Waals surface area (Å²) in [7, 11) is 0. The minimum atomic E-state index is -0.358. The molecule has 134 valence electrons. The van der Waals surface area contributed by atoms with Crippen LogP contribution in [0, 0.1) is 13.8 Å². The number of benzene rings is 1. The highest BCUT2D eigenvalue weighted by molar-refractivity contribution is 5.91. The predicted octanol–water partition coefficient (Wildman–Crippen LogP) is 2.14. The first-order chi connectivity index (χ1) is 12.0. The van der Waals surface area contributed by atoms with Crippen molar-refractivity contribution in [2.75, 3.05) is 31.1 Å². The molecule has 1 aromatic rings. The van der Waals surface area contributed by atoms with Crippen LogP contribution in [0.3, 0.4) is 0 Å². The molecule has 0 bridgehead atoms. The fourth-order valence-corrected chi connectivity index (χ4v) is 3.55. The van der Waals surface area contributed by atoms with Crippen LogP contribution in [-0.2, 0) is 9.53 Å².